The fraction of sp³-hybridized carbons (Fsp3) is 0.448. The summed E-state index contributed by atoms with van der Waals surface area (Å²) in [6.07, 6.45) is -2.44. The molecule has 0 bridgehead atoms. The van der Waals surface area contributed by atoms with Crippen molar-refractivity contribution in [3.63, 3.8) is 0 Å². The molecule has 0 aliphatic carbocycles. The minimum Gasteiger partial charge on any atom is -0.339 e. The van der Waals surface area contributed by atoms with Crippen LogP contribution in [0.2, 0.25) is 0 Å². The maximum absolute atomic E-state index is 13.2. The van der Waals surface area contributed by atoms with Crippen LogP contribution in [-0.2, 0) is 41.7 Å². The maximum atomic E-state index is 13.2. The van der Waals surface area contributed by atoms with Gasteiger partial charge in [0.15, 0.2) is 0 Å². The number of benzene rings is 1. The topological polar surface area (TPSA) is 119 Å². The Bertz CT molecular complexity index is 1580. The van der Waals surface area contributed by atoms with Gasteiger partial charge in [-0.3, -0.25) is 19.3 Å². The van der Waals surface area contributed by atoms with Crippen LogP contribution in [-0.4, -0.2) is 92.5 Å². The number of nitrogens with one attached hydrogen (secondary N) is 1. The average molecular weight is 615 g/mol. The smallest absolute Gasteiger partial charge is 0.339 e. The number of carbonyl (C=O) groups excluding carboxylic acids is 2. The number of halogens is 4. The van der Waals surface area contributed by atoms with Gasteiger partial charge in [-0.2, -0.15) is 18.3 Å². The highest BCUT2D eigenvalue weighted by Crippen LogP contribution is 2.29. The minimum atomic E-state index is -4.50. The molecular weight excluding hydrogens is 584 g/mol. The van der Waals surface area contributed by atoms with Gasteiger partial charge < -0.3 is 14.7 Å². The standard InChI is InChI=1S/C29H30F4N8O3/c30-21-3-1-18(2-4-21)11-25(42)41-6-5-22-23(16-41)24(36-37-26(22)43)17-38-14-19(15-38)27(44)39-7-9-40(10-8-39)28-34-12-20(13-35-28)29(31,32)33/h1-4,12-13,19H,5-11,14-17H2,(H,37,43). The van der Waals surface area contributed by atoms with Crippen LogP contribution < -0.4 is 10.5 Å². The molecule has 2 saturated heterocycles. The Morgan fingerprint density at radius 3 is 2.27 bits per heavy atom. The summed E-state index contributed by atoms with van der Waals surface area (Å²) in [6, 6.07) is 5.80. The summed E-state index contributed by atoms with van der Waals surface area (Å²) in [4.78, 5) is 53.6. The van der Waals surface area contributed by atoms with Gasteiger partial charge in [0.1, 0.15) is 5.82 Å². The van der Waals surface area contributed by atoms with E-state index in [9.17, 15) is 31.9 Å². The normalized spacial score (nSPS) is 17.8. The number of H-pyrrole nitrogens is 1. The molecule has 232 valence electrons. The van der Waals surface area contributed by atoms with Gasteiger partial charge in [-0.05, 0) is 24.1 Å². The van der Waals surface area contributed by atoms with Crippen LogP contribution in [0.3, 0.4) is 0 Å². The largest absolute Gasteiger partial charge is 0.419 e. The second-order valence-corrected chi connectivity index (χ2v) is 11.3. The first-order valence-corrected chi connectivity index (χ1v) is 14.3. The van der Waals surface area contributed by atoms with E-state index >= 15 is 0 Å². The molecule has 3 aromatic rings. The summed E-state index contributed by atoms with van der Waals surface area (Å²) in [5, 5.41) is 6.85. The molecule has 3 aliphatic heterocycles. The van der Waals surface area contributed by atoms with Crippen LogP contribution in [0.15, 0.2) is 41.5 Å². The third-order valence-corrected chi connectivity index (χ3v) is 8.40. The van der Waals surface area contributed by atoms with Gasteiger partial charge in [0.25, 0.3) is 5.56 Å². The third kappa shape index (κ3) is 6.27. The molecule has 2 aromatic heterocycles. The number of anilines is 1. The Kier molecular flexibility index (Phi) is 8.05. The average Bonchev–Trinajstić information content (AvgIpc) is 3.00. The highest BCUT2D eigenvalue weighted by atomic mass is 19.4. The fourth-order valence-corrected chi connectivity index (χ4v) is 5.85. The Morgan fingerprint density at radius 2 is 1.61 bits per heavy atom. The van der Waals surface area contributed by atoms with E-state index in [4.69, 9.17) is 0 Å². The van der Waals surface area contributed by atoms with Gasteiger partial charge in [0, 0.05) is 82.4 Å². The van der Waals surface area contributed by atoms with Crippen molar-refractivity contribution < 1.29 is 27.2 Å². The lowest BCUT2D eigenvalue weighted by Gasteiger charge is -2.43. The molecule has 0 radical (unpaired) electrons. The predicted molar refractivity (Wildman–Crippen MR) is 149 cm³/mol. The van der Waals surface area contributed by atoms with Gasteiger partial charge in [0.2, 0.25) is 17.8 Å². The molecule has 2 fully saturated rings. The molecule has 0 unspecified atom stereocenters. The lowest BCUT2D eigenvalue weighted by Crippen LogP contribution is -2.57. The molecule has 0 spiro atoms. The van der Waals surface area contributed by atoms with Crippen molar-refractivity contribution in [2.45, 2.75) is 32.1 Å². The first kappa shape index (κ1) is 29.7. The number of amides is 2. The van der Waals surface area contributed by atoms with Gasteiger partial charge in [-0.25, -0.2) is 19.5 Å². The SMILES string of the molecule is O=C(Cc1ccc(F)cc1)N1CCc2c(c(CN3CC(C(=O)N4CCN(c5ncc(C(F)(F)F)cn5)CC4)C3)n[nH]c2=O)C1. The number of hydrogen-bond acceptors (Lipinski definition) is 8. The molecule has 1 N–H and O–H groups in total. The van der Waals surface area contributed by atoms with Crippen LogP contribution in [0, 0.1) is 11.7 Å². The quantitative estimate of drug-likeness (QED) is 0.417. The Morgan fingerprint density at radius 1 is 0.932 bits per heavy atom. The number of likely N-dealkylation sites (tertiary alicyclic amines) is 1. The monoisotopic (exact) mass is 614 g/mol. The number of alkyl halides is 3. The van der Waals surface area contributed by atoms with Crippen LogP contribution in [0.1, 0.15) is 27.9 Å². The number of piperazine rings is 1. The molecule has 0 saturated carbocycles. The molecule has 0 atom stereocenters. The van der Waals surface area contributed by atoms with E-state index in [0.29, 0.717) is 75.6 Å². The van der Waals surface area contributed by atoms with Crippen molar-refractivity contribution in [1.82, 2.24) is 34.9 Å². The molecule has 1 aromatic carbocycles. The maximum Gasteiger partial charge on any atom is 0.419 e. The summed E-state index contributed by atoms with van der Waals surface area (Å²) in [5.41, 5.74) is 1.53. The van der Waals surface area contributed by atoms with Crippen molar-refractivity contribution in [1.29, 1.82) is 0 Å². The molecular formula is C29H30F4N8O3. The van der Waals surface area contributed by atoms with Crippen molar-refractivity contribution in [2.24, 2.45) is 5.92 Å². The first-order chi connectivity index (χ1) is 21.0. The highest BCUT2D eigenvalue weighted by Gasteiger charge is 2.38. The number of rotatable bonds is 6. The zero-order valence-electron chi connectivity index (χ0n) is 23.7. The summed E-state index contributed by atoms with van der Waals surface area (Å²) in [7, 11) is 0. The van der Waals surface area contributed by atoms with Crippen molar-refractivity contribution in [3.8, 4) is 0 Å². The van der Waals surface area contributed by atoms with Crippen LogP contribution in [0.5, 0.6) is 0 Å². The van der Waals surface area contributed by atoms with Crippen LogP contribution >= 0.6 is 0 Å². The highest BCUT2D eigenvalue weighted by molar-refractivity contribution is 5.80. The second kappa shape index (κ2) is 11.9. The van der Waals surface area contributed by atoms with E-state index in [0.717, 1.165) is 18.0 Å². The van der Waals surface area contributed by atoms with Crippen molar-refractivity contribution in [2.75, 3.05) is 50.7 Å². The Hall–Kier alpha value is -4.40. The van der Waals surface area contributed by atoms with E-state index in [1.54, 1.807) is 26.8 Å². The molecule has 5 heterocycles. The zero-order chi connectivity index (χ0) is 31.0. The summed E-state index contributed by atoms with van der Waals surface area (Å²) < 4.78 is 51.6. The van der Waals surface area contributed by atoms with Gasteiger partial charge in [-0.15, -0.1) is 0 Å². The number of nitrogens with zero attached hydrogens (tertiary/aromatic N) is 7. The molecule has 15 heteroatoms. The lowest BCUT2D eigenvalue weighted by atomic mass is 9.95. The van der Waals surface area contributed by atoms with E-state index < -0.39 is 11.7 Å². The molecule has 11 nitrogen and oxygen atoms in total. The number of carbonyl (C=O) groups is 2. The molecule has 2 amide bonds. The number of aromatic nitrogens is 4. The zero-order valence-corrected chi connectivity index (χ0v) is 23.7. The fourth-order valence-electron chi connectivity index (χ4n) is 5.85. The van der Waals surface area contributed by atoms with Gasteiger partial charge in [0.05, 0.1) is 23.6 Å². The van der Waals surface area contributed by atoms with Crippen LogP contribution in [0.4, 0.5) is 23.5 Å². The predicted octanol–water partition coefficient (Wildman–Crippen LogP) is 1.63. The minimum absolute atomic E-state index is 0.0169. The second-order valence-electron chi connectivity index (χ2n) is 11.3. The number of fused-ring (bicyclic) bond motifs is 1. The van der Waals surface area contributed by atoms with Crippen molar-refractivity contribution >= 4 is 17.8 Å². The van der Waals surface area contributed by atoms with Gasteiger partial charge >= 0.3 is 6.18 Å². The molecule has 6 rings (SSSR count). The summed E-state index contributed by atoms with van der Waals surface area (Å²) in [5.74, 6) is -0.465. The Balaban J connectivity index is 1.01. The van der Waals surface area contributed by atoms with Crippen LogP contribution in [0.25, 0.3) is 0 Å². The molecule has 3 aliphatic rings. The van der Waals surface area contributed by atoms with E-state index in [1.807, 2.05) is 0 Å². The summed E-state index contributed by atoms with van der Waals surface area (Å²) in [6.45, 7) is 3.76. The molecule has 44 heavy (non-hydrogen) atoms. The van der Waals surface area contributed by atoms with Gasteiger partial charge in [-0.1, -0.05) is 12.1 Å². The van der Waals surface area contributed by atoms with E-state index in [1.165, 1.54) is 12.1 Å². The number of hydrogen-bond donors (Lipinski definition) is 1. The lowest BCUT2D eigenvalue weighted by molar-refractivity contribution is -0.142. The summed E-state index contributed by atoms with van der Waals surface area (Å²) >= 11 is 0. The Labute approximate surface area is 249 Å². The third-order valence-electron chi connectivity index (χ3n) is 8.40. The van der Waals surface area contributed by atoms with E-state index in [-0.39, 0.29) is 48.0 Å². The van der Waals surface area contributed by atoms with Crippen molar-refractivity contribution in [3.05, 3.63) is 80.8 Å². The first-order valence-electron chi connectivity index (χ1n) is 14.3. The van der Waals surface area contributed by atoms with E-state index in [2.05, 4.69) is 25.1 Å². The number of aromatic amines is 1.